The van der Waals surface area contributed by atoms with Gasteiger partial charge in [0.1, 0.15) is 5.69 Å². The third-order valence-electron chi connectivity index (χ3n) is 2.70. The molecule has 0 bridgehead atoms. The number of alkyl halides is 3. The highest BCUT2D eigenvalue weighted by Gasteiger charge is 2.35. The summed E-state index contributed by atoms with van der Waals surface area (Å²) >= 11 is 5.68. The van der Waals surface area contributed by atoms with Gasteiger partial charge in [0.05, 0.1) is 5.69 Å². The van der Waals surface area contributed by atoms with Gasteiger partial charge in [-0.05, 0) is 24.3 Å². The van der Waals surface area contributed by atoms with E-state index in [-0.39, 0.29) is 5.69 Å². The van der Waals surface area contributed by atoms with Crippen LogP contribution in [0.3, 0.4) is 0 Å². The van der Waals surface area contributed by atoms with E-state index < -0.39 is 23.1 Å². The van der Waals surface area contributed by atoms with E-state index in [4.69, 9.17) is 11.6 Å². The fourth-order valence-electron chi connectivity index (χ4n) is 1.73. The minimum atomic E-state index is -4.77. The summed E-state index contributed by atoms with van der Waals surface area (Å²) in [6.07, 6.45) is -4.77. The minimum absolute atomic E-state index is 0.147. The van der Waals surface area contributed by atoms with E-state index >= 15 is 0 Å². The molecule has 2 aromatic rings. The van der Waals surface area contributed by atoms with Crippen LogP contribution in [0.4, 0.5) is 13.2 Å². The van der Waals surface area contributed by atoms with Crippen molar-refractivity contribution < 1.29 is 13.2 Å². The van der Waals surface area contributed by atoms with Gasteiger partial charge in [-0.1, -0.05) is 11.6 Å². The van der Waals surface area contributed by atoms with Crippen LogP contribution in [0.1, 0.15) is 5.69 Å². The van der Waals surface area contributed by atoms with Gasteiger partial charge >= 0.3 is 11.9 Å². The van der Waals surface area contributed by atoms with Crippen molar-refractivity contribution in [3.63, 3.8) is 0 Å². The number of halogens is 4. The second-order valence-electron chi connectivity index (χ2n) is 4.02. The highest BCUT2D eigenvalue weighted by Crippen LogP contribution is 2.26. The van der Waals surface area contributed by atoms with Crippen molar-refractivity contribution in [3.05, 3.63) is 61.9 Å². The summed E-state index contributed by atoms with van der Waals surface area (Å²) in [6.45, 7) is 0. The molecule has 2 rings (SSSR count). The first kappa shape index (κ1) is 14.4. The minimum Gasteiger partial charge on any atom is -0.292 e. The molecule has 0 spiro atoms. The standard InChI is InChI=1S/C12H8ClF3N2O2/c1-17-9(12(14,15)16)6-10(19)18(11(17)20)8-4-2-7(13)3-5-8/h2-6H,1H3. The van der Waals surface area contributed by atoms with Gasteiger partial charge in [-0.3, -0.25) is 9.36 Å². The second kappa shape index (κ2) is 4.82. The smallest absolute Gasteiger partial charge is 0.292 e. The Kier molecular flexibility index (Phi) is 3.47. The summed E-state index contributed by atoms with van der Waals surface area (Å²) in [7, 11) is 0.955. The maximum atomic E-state index is 12.7. The first-order valence-corrected chi connectivity index (χ1v) is 5.76. The molecule has 8 heteroatoms. The Morgan fingerprint density at radius 2 is 1.65 bits per heavy atom. The molecule has 1 aromatic carbocycles. The predicted molar refractivity (Wildman–Crippen MR) is 67.3 cm³/mol. The van der Waals surface area contributed by atoms with Gasteiger partial charge in [-0.25, -0.2) is 9.36 Å². The lowest BCUT2D eigenvalue weighted by Gasteiger charge is -2.13. The molecule has 20 heavy (non-hydrogen) atoms. The maximum absolute atomic E-state index is 12.7. The Morgan fingerprint density at radius 1 is 1.10 bits per heavy atom. The van der Waals surface area contributed by atoms with Crippen molar-refractivity contribution >= 4 is 11.6 Å². The highest BCUT2D eigenvalue weighted by molar-refractivity contribution is 6.30. The molecule has 0 unspecified atom stereocenters. The Balaban J connectivity index is 2.75. The molecule has 0 saturated carbocycles. The molecule has 106 valence electrons. The van der Waals surface area contributed by atoms with Gasteiger partial charge in [-0.2, -0.15) is 13.2 Å². The van der Waals surface area contributed by atoms with E-state index in [2.05, 4.69) is 0 Å². The number of hydrogen-bond donors (Lipinski definition) is 0. The van der Waals surface area contributed by atoms with E-state index in [1.54, 1.807) is 0 Å². The summed E-state index contributed by atoms with van der Waals surface area (Å²) < 4.78 is 39.0. The second-order valence-corrected chi connectivity index (χ2v) is 4.46. The van der Waals surface area contributed by atoms with Crippen LogP contribution < -0.4 is 11.2 Å². The first-order valence-electron chi connectivity index (χ1n) is 5.38. The summed E-state index contributed by atoms with van der Waals surface area (Å²) in [6, 6.07) is 5.99. The zero-order chi connectivity index (χ0) is 15.1. The van der Waals surface area contributed by atoms with Crippen molar-refractivity contribution in [2.24, 2.45) is 7.05 Å². The van der Waals surface area contributed by atoms with Crippen molar-refractivity contribution in [1.82, 2.24) is 9.13 Å². The van der Waals surface area contributed by atoms with Crippen LogP contribution in [0, 0.1) is 0 Å². The van der Waals surface area contributed by atoms with Crippen LogP contribution in [0.15, 0.2) is 39.9 Å². The fraction of sp³-hybridized carbons (Fsp3) is 0.167. The highest BCUT2D eigenvalue weighted by atomic mass is 35.5. The Labute approximate surface area is 115 Å². The molecule has 0 fully saturated rings. The number of hydrogen-bond acceptors (Lipinski definition) is 2. The van der Waals surface area contributed by atoms with Crippen LogP contribution in [0.2, 0.25) is 5.02 Å². The van der Waals surface area contributed by atoms with Crippen LogP contribution in [0.25, 0.3) is 5.69 Å². The largest absolute Gasteiger partial charge is 0.431 e. The molecule has 0 amide bonds. The molecule has 1 heterocycles. The van der Waals surface area contributed by atoms with Gasteiger partial charge in [0.2, 0.25) is 0 Å². The molecule has 0 saturated heterocycles. The molecule has 0 N–H and O–H groups in total. The van der Waals surface area contributed by atoms with Crippen LogP contribution in [0.5, 0.6) is 0 Å². The van der Waals surface area contributed by atoms with Gasteiger partial charge in [-0.15, -0.1) is 0 Å². The van der Waals surface area contributed by atoms with E-state index in [0.717, 1.165) is 7.05 Å². The summed E-state index contributed by atoms with van der Waals surface area (Å²) in [5.74, 6) is 0. The molecule has 0 aliphatic heterocycles. The van der Waals surface area contributed by atoms with Crippen molar-refractivity contribution in [2.75, 3.05) is 0 Å². The van der Waals surface area contributed by atoms with Gasteiger partial charge in [0.15, 0.2) is 0 Å². The van der Waals surface area contributed by atoms with E-state index in [0.29, 0.717) is 20.2 Å². The molecule has 0 aliphatic carbocycles. The average molecular weight is 305 g/mol. The molecule has 0 aliphatic rings. The zero-order valence-electron chi connectivity index (χ0n) is 10.1. The third kappa shape index (κ3) is 2.49. The molecule has 4 nitrogen and oxygen atoms in total. The van der Waals surface area contributed by atoms with Gasteiger partial charge < -0.3 is 0 Å². The SMILES string of the molecule is Cn1c(C(F)(F)F)cc(=O)n(-c2ccc(Cl)cc2)c1=O. The zero-order valence-corrected chi connectivity index (χ0v) is 10.9. The Hall–Kier alpha value is -2.02. The van der Waals surface area contributed by atoms with Crippen LogP contribution in [-0.2, 0) is 13.2 Å². The van der Waals surface area contributed by atoms with Gasteiger partial charge in [0.25, 0.3) is 5.56 Å². The van der Waals surface area contributed by atoms with E-state index in [1.165, 1.54) is 24.3 Å². The Morgan fingerprint density at radius 3 is 2.15 bits per heavy atom. The molecule has 0 atom stereocenters. The van der Waals surface area contributed by atoms with E-state index in [1.807, 2.05) is 0 Å². The number of nitrogens with zero attached hydrogens (tertiary/aromatic N) is 2. The monoisotopic (exact) mass is 304 g/mol. The molecule has 1 aromatic heterocycles. The normalized spacial score (nSPS) is 11.7. The third-order valence-corrected chi connectivity index (χ3v) is 2.95. The summed E-state index contributed by atoms with van der Waals surface area (Å²) in [5, 5.41) is 0.380. The first-order chi connectivity index (χ1) is 9.21. The lowest BCUT2D eigenvalue weighted by molar-refractivity contribution is -0.144. The fourth-order valence-corrected chi connectivity index (χ4v) is 1.85. The summed E-state index contributed by atoms with van der Waals surface area (Å²) in [4.78, 5) is 23.7. The quantitative estimate of drug-likeness (QED) is 0.811. The topological polar surface area (TPSA) is 44.0 Å². The van der Waals surface area contributed by atoms with Crippen molar-refractivity contribution in [1.29, 1.82) is 0 Å². The lowest BCUT2D eigenvalue weighted by atomic mass is 10.3. The predicted octanol–water partition coefficient (Wildman–Crippen LogP) is 2.21. The van der Waals surface area contributed by atoms with E-state index in [9.17, 15) is 22.8 Å². The van der Waals surface area contributed by atoms with Gasteiger partial charge in [0, 0.05) is 18.1 Å². The molecule has 0 radical (unpaired) electrons. The number of rotatable bonds is 1. The maximum Gasteiger partial charge on any atom is 0.431 e. The van der Waals surface area contributed by atoms with Crippen LogP contribution in [-0.4, -0.2) is 9.13 Å². The molecular weight excluding hydrogens is 297 g/mol. The Bertz CT molecular complexity index is 760. The average Bonchev–Trinajstić information content (AvgIpc) is 2.35. The number of benzene rings is 1. The number of aromatic nitrogens is 2. The molecular formula is C12H8ClF3N2O2. The summed E-state index contributed by atoms with van der Waals surface area (Å²) in [5.41, 5.74) is -3.28. The van der Waals surface area contributed by atoms with Crippen LogP contribution >= 0.6 is 11.6 Å². The van der Waals surface area contributed by atoms with Crippen molar-refractivity contribution in [3.8, 4) is 5.69 Å². The van der Waals surface area contributed by atoms with Crippen molar-refractivity contribution in [2.45, 2.75) is 6.18 Å². The lowest BCUT2D eigenvalue weighted by Crippen LogP contribution is -2.40.